The number of nitrogens with zero attached hydrogens (tertiary/aromatic N) is 4. The van der Waals surface area contributed by atoms with Gasteiger partial charge < -0.3 is 5.73 Å². The number of benzene rings is 2. The van der Waals surface area contributed by atoms with E-state index in [9.17, 15) is 0 Å². The molecular formula is C15H11N5. The second-order valence-electron chi connectivity index (χ2n) is 4.54. The number of para-hydroxylation sites is 1. The summed E-state index contributed by atoms with van der Waals surface area (Å²) in [5, 5.41) is 10.8. The molecule has 2 aromatic heterocycles. The van der Waals surface area contributed by atoms with Crippen LogP contribution in [0.5, 0.6) is 0 Å². The zero-order valence-corrected chi connectivity index (χ0v) is 10.6. The van der Waals surface area contributed by atoms with E-state index in [-0.39, 0.29) is 0 Å². The molecule has 2 aromatic carbocycles. The van der Waals surface area contributed by atoms with Crippen molar-refractivity contribution in [1.29, 1.82) is 0 Å². The Morgan fingerprint density at radius 3 is 2.30 bits per heavy atom. The molecule has 0 aliphatic heterocycles. The molecule has 0 saturated heterocycles. The van der Waals surface area contributed by atoms with Crippen molar-refractivity contribution >= 4 is 27.8 Å². The lowest BCUT2D eigenvalue weighted by Crippen LogP contribution is -1.97. The first-order valence-electron chi connectivity index (χ1n) is 6.29. The Hall–Kier alpha value is -2.95. The summed E-state index contributed by atoms with van der Waals surface area (Å²) in [6, 6.07) is 17.6. The van der Waals surface area contributed by atoms with Gasteiger partial charge in [-0.1, -0.05) is 42.5 Å². The third-order valence-corrected chi connectivity index (χ3v) is 3.27. The smallest absolute Gasteiger partial charge is 0.204 e. The van der Waals surface area contributed by atoms with Crippen LogP contribution in [-0.4, -0.2) is 20.0 Å². The Labute approximate surface area is 114 Å². The lowest BCUT2D eigenvalue weighted by Gasteiger charge is -1.99. The second kappa shape index (κ2) is 4.03. The van der Waals surface area contributed by atoms with Crippen LogP contribution in [0.1, 0.15) is 0 Å². The van der Waals surface area contributed by atoms with Gasteiger partial charge in [0.1, 0.15) is 11.3 Å². The average Bonchev–Trinajstić information content (AvgIpc) is 2.93. The largest absolute Gasteiger partial charge is 0.383 e. The number of pyridine rings is 1. The van der Waals surface area contributed by atoms with Crippen molar-refractivity contribution in [2.75, 3.05) is 5.73 Å². The highest BCUT2D eigenvalue weighted by Crippen LogP contribution is 2.25. The van der Waals surface area contributed by atoms with Crippen LogP contribution in [-0.2, 0) is 0 Å². The van der Waals surface area contributed by atoms with E-state index in [1.807, 2.05) is 54.6 Å². The molecule has 0 bridgehead atoms. The zero-order valence-electron chi connectivity index (χ0n) is 10.6. The number of anilines is 1. The normalized spacial score (nSPS) is 11.2. The molecular weight excluding hydrogens is 250 g/mol. The van der Waals surface area contributed by atoms with E-state index >= 15 is 0 Å². The Bertz CT molecular complexity index is 912. The third-order valence-electron chi connectivity index (χ3n) is 3.27. The van der Waals surface area contributed by atoms with Gasteiger partial charge in [0.05, 0.1) is 5.69 Å². The van der Waals surface area contributed by atoms with Crippen molar-refractivity contribution in [2.45, 2.75) is 0 Å². The Morgan fingerprint density at radius 2 is 1.50 bits per heavy atom. The third kappa shape index (κ3) is 1.53. The molecule has 0 aliphatic rings. The first-order chi connectivity index (χ1) is 9.83. The van der Waals surface area contributed by atoms with Crippen LogP contribution in [0.15, 0.2) is 54.6 Å². The van der Waals surface area contributed by atoms with E-state index < -0.39 is 0 Å². The highest BCUT2D eigenvalue weighted by atomic mass is 15.5. The number of nitrogen functional groups attached to an aromatic ring is 1. The minimum Gasteiger partial charge on any atom is -0.383 e. The van der Waals surface area contributed by atoms with Gasteiger partial charge in [0.15, 0.2) is 0 Å². The molecule has 0 aliphatic carbocycles. The van der Waals surface area contributed by atoms with Gasteiger partial charge in [-0.2, -0.15) is 0 Å². The fraction of sp³-hybridized carbons (Fsp3) is 0. The van der Waals surface area contributed by atoms with Gasteiger partial charge in [0.2, 0.25) is 5.65 Å². The van der Waals surface area contributed by atoms with Crippen LogP contribution in [0.25, 0.3) is 27.6 Å². The fourth-order valence-electron chi connectivity index (χ4n) is 2.31. The molecule has 5 heteroatoms. The summed E-state index contributed by atoms with van der Waals surface area (Å²) >= 11 is 0. The van der Waals surface area contributed by atoms with E-state index in [2.05, 4.69) is 15.2 Å². The zero-order chi connectivity index (χ0) is 13.5. The SMILES string of the molecule is Nc1nc2nn(-c3ccccc3)nc2c2ccccc12. The topological polar surface area (TPSA) is 69.6 Å². The molecule has 0 saturated carbocycles. The summed E-state index contributed by atoms with van der Waals surface area (Å²) in [6.45, 7) is 0. The highest BCUT2D eigenvalue weighted by Gasteiger charge is 2.11. The predicted molar refractivity (Wildman–Crippen MR) is 78.6 cm³/mol. The number of hydrogen-bond donors (Lipinski definition) is 1. The summed E-state index contributed by atoms with van der Waals surface area (Å²) in [5.74, 6) is 0.480. The van der Waals surface area contributed by atoms with Crippen molar-refractivity contribution in [3.63, 3.8) is 0 Å². The molecule has 2 N–H and O–H groups in total. The standard InChI is InChI=1S/C15H11N5/c16-14-12-9-5-4-8-11(12)13-15(17-14)19-20(18-13)10-6-2-1-3-7-10/h1-9H,(H2,16,17,19). The molecule has 4 rings (SSSR count). The second-order valence-corrected chi connectivity index (χ2v) is 4.54. The van der Waals surface area contributed by atoms with Crippen molar-refractivity contribution in [3.05, 3.63) is 54.6 Å². The van der Waals surface area contributed by atoms with Crippen molar-refractivity contribution in [2.24, 2.45) is 0 Å². The van der Waals surface area contributed by atoms with E-state index in [4.69, 9.17) is 5.73 Å². The maximum absolute atomic E-state index is 5.98. The first kappa shape index (κ1) is 10.9. The molecule has 0 amide bonds. The Kier molecular flexibility index (Phi) is 2.20. The lowest BCUT2D eigenvalue weighted by molar-refractivity contribution is 0.764. The highest BCUT2D eigenvalue weighted by molar-refractivity contribution is 6.06. The molecule has 0 atom stereocenters. The van der Waals surface area contributed by atoms with E-state index in [0.29, 0.717) is 11.5 Å². The van der Waals surface area contributed by atoms with E-state index in [1.165, 1.54) is 0 Å². The molecule has 96 valence electrons. The van der Waals surface area contributed by atoms with Crippen LogP contribution >= 0.6 is 0 Å². The molecule has 0 unspecified atom stereocenters. The van der Waals surface area contributed by atoms with Crippen LogP contribution in [0, 0.1) is 0 Å². The summed E-state index contributed by atoms with van der Waals surface area (Å²) in [7, 11) is 0. The van der Waals surface area contributed by atoms with Gasteiger partial charge in [-0.3, -0.25) is 0 Å². The summed E-state index contributed by atoms with van der Waals surface area (Å²) in [6.07, 6.45) is 0. The van der Waals surface area contributed by atoms with Crippen LogP contribution in [0.3, 0.4) is 0 Å². The van der Waals surface area contributed by atoms with Crippen LogP contribution in [0.2, 0.25) is 0 Å². The monoisotopic (exact) mass is 261 g/mol. The summed E-state index contributed by atoms with van der Waals surface area (Å²) < 4.78 is 0. The van der Waals surface area contributed by atoms with Gasteiger partial charge in [0.25, 0.3) is 0 Å². The van der Waals surface area contributed by atoms with Gasteiger partial charge in [-0.25, -0.2) is 4.98 Å². The average molecular weight is 261 g/mol. The first-order valence-corrected chi connectivity index (χ1v) is 6.29. The minimum atomic E-state index is 0.480. The molecule has 5 nitrogen and oxygen atoms in total. The minimum absolute atomic E-state index is 0.480. The Balaban J connectivity index is 2.07. The van der Waals surface area contributed by atoms with Crippen LogP contribution in [0.4, 0.5) is 5.82 Å². The summed E-state index contributed by atoms with van der Waals surface area (Å²) in [4.78, 5) is 5.92. The number of nitrogens with two attached hydrogens (primary N) is 1. The van der Waals surface area contributed by atoms with Crippen molar-refractivity contribution < 1.29 is 0 Å². The van der Waals surface area contributed by atoms with Gasteiger partial charge in [-0.15, -0.1) is 15.0 Å². The molecule has 0 fully saturated rings. The van der Waals surface area contributed by atoms with E-state index in [1.54, 1.807) is 4.80 Å². The molecule has 2 heterocycles. The summed E-state index contributed by atoms with van der Waals surface area (Å²) in [5.41, 5.74) is 8.20. The lowest BCUT2D eigenvalue weighted by atomic mass is 10.1. The maximum atomic E-state index is 5.98. The number of fused-ring (bicyclic) bond motifs is 3. The van der Waals surface area contributed by atoms with Crippen molar-refractivity contribution in [1.82, 2.24) is 20.0 Å². The predicted octanol–water partition coefficient (Wildman–Crippen LogP) is 2.55. The molecule has 20 heavy (non-hydrogen) atoms. The van der Waals surface area contributed by atoms with Gasteiger partial charge in [-0.05, 0) is 12.1 Å². The van der Waals surface area contributed by atoms with Crippen LogP contribution < -0.4 is 5.73 Å². The van der Waals surface area contributed by atoms with Gasteiger partial charge >= 0.3 is 0 Å². The quantitative estimate of drug-likeness (QED) is 0.571. The van der Waals surface area contributed by atoms with E-state index in [0.717, 1.165) is 22.0 Å². The number of hydrogen-bond acceptors (Lipinski definition) is 4. The fourth-order valence-corrected chi connectivity index (χ4v) is 2.31. The Morgan fingerprint density at radius 1 is 0.800 bits per heavy atom. The molecule has 4 aromatic rings. The van der Waals surface area contributed by atoms with Gasteiger partial charge in [0, 0.05) is 10.8 Å². The number of aromatic nitrogens is 4. The molecule has 0 spiro atoms. The maximum Gasteiger partial charge on any atom is 0.204 e. The number of rotatable bonds is 1. The van der Waals surface area contributed by atoms with Crippen molar-refractivity contribution in [3.8, 4) is 5.69 Å². The molecule has 0 radical (unpaired) electrons.